The summed E-state index contributed by atoms with van der Waals surface area (Å²) in [7, 11) is 0. The zero-order valence-electron chi connectivity index (χ0n) is 10.8. The van der Waals surface area contributed by atoms with Gasteiger partial charge < -0.3 is 4.52 Å². The van der Waals surface area contributed by atoms with Crippen LogP contribution in [0, 0.1) is 5.41 Å². The summed E-state index contributed by atoms with van der Waals surface area (Å²) in [5.74, 6) is 1.20. The Morgan fingerprint density at radius 2 is 1.89 bits per heavy atom. The van der Waals surface area contributed by atoms with Gasteiger partial charge in [-0.3, -0.25) is 4.79 Å². The fraction of sp³-hybridized carbons (Fsp3) is 0.357. The van der Waals surface area contributed by atoms with Gasteiger partial charge in [0.2, 0.25) is 11.7 Å². The Kier molecular flexibility index (Phi) is 3.28. The molecular formula is C14H16N2O2. The van der Waals surface area contributed by atoms with Gasteiger partial charge in [0.05, 0.1) is 0 Å². The van der Waals surface area contributed by atoms with Crippen LogP contribution in [0.15, 0.2) is 28.8 Å². The normalized spacial score (nSPS) is 11.5. The molecule has 0 radical (unpaired) electrons. The van der Waals surface area contributed by atoms with Crippen molar-refractivity contribution in [2.24, 2.45) is 5.41 Å². The first-order valence-corrected chi connectivity index (χ1v) is 5.86. The van der Waals surface area contributed by atoms with Crippen LogP contribution in [-0.4, -0.2) is 16.4 Å². The van der Waals surface area contributed by atoms with E-state index in [4.69, 9.17) is 4.52 Å². The summed E-state index contributed by atoms with van der Waals surface area (Å²) < 4.78 is 5.22. The maximum absolute atomic E-state index is 10.6. The molecule has 0 saturated carbocycles. The van der Waals surface area contributed by atoms with Crippen molar-refractivity contribution >= 4 is 6.29 Å². The Hall–Kier alpha value is -1.97. The van der Waals surface area contributed by atoms with Crippen molar-refractivity contribution in [3.05, 3.63) is 35.7 Å². The summed E-state index contributed by atoms with van der Waals surface area (Å²) in [5.41, 5.74) is 1.60. The highest BCUT2D eigenvalue weighted by molar-refractivity contribution is 5.76. The molecule has 1 aromatic heterocycles. The number of carbonyl (C=O) groups is 1. The van der Waals surface area contributed by atoms with Gasteiger partial charge in [-0.1, -0.05) is 50.2 Å². The van der Waals surface area contributed by atoms with Gasteiger partial charge >= 0.3 is 0 Å². The molecule has 0 aliphatic rings. The van der Waals surface area contributed by atoms with Gasteiger partial charge in [-0.25, -0.2) is 0 Å². The zero-order valence-corrected chi connectivity index (χ0v) is 10.8. The van der Waals surface area contributed by atoms with Crippen molar-refractivity contribution in [3.63, 3.8) is 0 Å². The van der Waals surface area contributed by atoms with Gasteiger partial charge in [0, 0.05) is 17.5 Å². The molecule has 2 rings (SSSR count). The minimum atomic E-state index is 0.116. The van der Waals surface area contributed by atoms with Gasteiger partial charge in [-0.05, 0) is 5.41 Å². The molecule has 0 atom stereocenters. The van der Waals surface area contributed by atoms with Gasteiger partial charge in [0.1, 0.15) is 6.29 Å². The van der Waals surface area contributed by atoms with E-state index in [-0.39, 0.29) is 5.41 Å². The number of benzene rings is 1. The van der Waals surface area contributed by atoms with Gasteiger partial charge in [0.15, 0.2) is 0 Å². The van der Waals surface area contributed by atoms with Crippen LogP contribution in [0.25, 0.3) is 11.4 Å². The van der Waals surface area contributed by atoms with Crippen molar-refractivity contribution in [1.82, 2.24) is 10.1 Å². The average Bonchev–Trinajstić information content (AvgIpc) is 2.75. The van der Waals surface area contributed by atoms with Crippen LogP contribution in [0.1, 0.15) is 37.0 Å². The van der Waals surface area contributed by atoms with Crippen LogP contribution in [0.2, 0.25) is 0 Å². The first-order chi connectivity index (χ1) is 8.48. The molecule has 0 N–H and O–H groups in total. The lowest BCUT2D eigenvalue weighted by Crippen LogP contribution is -2.09. The molecule has 1 aromatic carbocycles. The lowest BCUT2D eigenvalue weighted by molar-refractivity contribution is 0.112. The number of hydrogen-bond donors (Lipinski definition) is 0. The van der Waals surface area contributed by atoms with Crippen molar-refractivity contribution in [2.45, 2.75) is 27.2 Å². The summed E-state index contributed by atoms with van der Waals surface area (Å²) >= 11 is 0. The summed E-state index contributed by atoms with van der Waals surface area (Å²) in [6.07, 6.45) is 1.55. The largest absolute Gasteiger partial charge is 0.339 e. The number of nitrogens with zero attached hydrogens (tertiary/aromatic N) is 2. The van der Waals surface area contributed by atoms with Crippen molar-refractivity contribution in [3.8, 4) is 11.4 Å². The Morgan fingerprint density at radius 3 is 2.44 bits per heavy atom. The molecular weight excluding hydrogens is 228 g/mol. The lowest BCUT2D eigenvalue weighted by atomic mass is 9.92. The number of aldehydes is 1. The quantitative estimate of drug-likeness (QED) is 0.778. The third kappa shape index (κ3) is 3.03. The van der Waals surface area contributed by atoms with Crippen LogP contribution in [0.4, 0.5) is 0 Å². The van der Waals surface area contributed by atoms with Gasteiger partial charge in [0.25, 0.3) is 0 Å². The predicted octanol–water partition coefficient (Wildman–Crippen LogP) is 3.14. The molecule has 1 heterocycles. The minimum absolute atomic E-state index is 0.116. The van der Waals surface area contributed by atoms with Crippen LogP contribution >= 0.6 is 0 Å². The molecule has 18 heavy (non-hydrogen) atoms. The molecule has 2 aromatic rings. The summed E-state index contributed by atoms with van der Waals surface area (Å²) in [6.45, 7) is 6.36. The summed E-state index contributed by atoms with van der Waals surface area (Å²) in [5, 5.41) is 3.95. The first-order valence-electron chi connectivity index (χ1n) is 5.86. The minimum Gasteiger partial charge on any atom is -0.339 e. The molecule has 0 amide bonds. The number of rotatable bonds is 3. The van der Waals surface area contributed by atoms with Crippen LogP contribution in [0.5, 0.6) is 0 Å². The molecule has 4 heteroatoms. The Morgan fingerprint density at radius 1 is 1.22 bits per heavy atom. The standard InChI is InChI=1S/C14H16N2O2/c1-14(2,3)8-12-15-13(16-18-12)11-6-4-10(9-17)5-7-11/h4-7,9H,8H2,1-3H3. The third-order valence-electron chi connectivity index (χ3n) is 2.45. The first kappa shape index (κ1) is 12.5. The highest BCUT2D eigenvalue weighted by Crippen LogP contribution is 2.22. The molecule has 0 fully saturated rings. The Labute approximate surface area is 106 Å². The van der Waals surface area contributed by atoms with E-state index < -0.39 is 0 Å². The third-order valence-corrected chi connectivity index (χ3v) is 2.45. The lowest BCUT2D eigenvalue weighted by Gasteiger charge is -2.13. The number of carbonyl (C=O) groups excluding carboxylic acids is 1. The monoisotopic (exact) mass is 244 g/mol. The smallest absolute Gasteiger partial charge is 0.227 e. The van der Waals surface area contributed by atoms with E-state index in [1.165, 1.54) is 0 Å². The maximum Gasteiger partial charge on any atom is 0.227 e. The molecule has 0 bridgehead atoms. The molecule has 0 saturated heterocycles. The van der Waals surface area contributed by atoms with E-state index in [2.05, 4.69) is 30.9 Å². The fourth-order valence-electron chi connectivity index (χ4n) is 1.61. The SMILES string of the molecule is CC(C)(C)Cc1nc(-c2ccc(C=O)cc2)no1. The second-order valence-corrected chi connectivity index (χ2v) is 5.49. The highest BCUT2D eigenvalue weighted by Gasteiger charge is 2.17. The van der Waals surface area contributed by atoms with Crippen LogP contribution in [-0.2, 0) is 6.42 Å². The number of aromatic nitrogens is 2. The van der Waals surface area contributed by atoms with Crippen LogP contribution < -0.4 is 0 Å². The average molecular weight is 244 g/mol. The van der Waals surface area contributed by atoms with E-state index in [0.29, 0.717) is 17.3 Å². The molecule has 0 unspecified atom stereocenters. The second kappa shape index (κ2) is 4.72. The topological polar surface area (TPSA) is 56.0 Å². The summed E-state index contributed by atoms with van der Waals surface area (Å²) in [4.78, 5) is 14.9. The van der Waals surface area contributed by atoms with Gasteiger partial charge in [-0.15, -0.1) is 0 Å². The fourth-order valence-corrected chi connectivity index (χ4v) is 1.61. The number of hydrogen-bond acceptors (Lipinski definition) is 4. The highest BCUT2D eigenvalue weighted by atomic mass is 16.5. The van der Waals surface area contributed by atoms with E-state index >= 15 is 0 Å². The van der Waals surface area contributed by atoms with Crippen molar-refractivity contribution in [2.75, 3.05) is 0 Å². The van der Waals surface area contributed by atoms with E-state index in [1.54, 1.807) is 12.1 Å². The molecule has 0 spiro atoms. The summed E-state index contributed by atoms with van der Waals surface area (Å²) in [6, 6.07) is 7.11. The second-order valence-electron chi connectivity index (χ2n) is 5.49. The van der Waals surface area contributed by atoms with E-state index in [9.17, 15) is 4.79 Å². The predicted molar refractivity (Wildman–Crippen MR) is 68.3 cm³/mol. The van der Waals surface area contributed by atoms with Gasteiger partial charge in [-0.2, -0.15) is 4.98 Å². The molecule has 94 valence electrons. The Bertz CT molecular complexity index is 536. The zero-order chi connectivity index (χ0) is 13.2. The van der Waals surface area contributed by atoms with E-state index in [1.807, 2.05) is 12.1 Å². The molecule has 0 aliphatic heterocycles. The Balaban J connectivity index is 2.21. The van der Waals surface area contributed by atoms with Crippen molar-refractivity contribution in [1.29, 1.82) is 0 Å². The molecule has 0 aliphatic carbocycles. The maximum atomic E-state index is 10.6. The van der Waals surface area contributed by atoms with E-state index in [0.717, 1.165) is 18.3 Å². The van der Waals surface area contributed by atoms with Crippen molar-refractivity contribution < 1.29 is 9.32 Å². The molecule has 4 nitrogen and oxygen atoms in total. The van der Waals surface area contributed by atoms with Crippen LogP contribution in [0.3, 0.4) is 0 Å².